The Hall–Kier alpha value is -1.29. The van der Waals surface area contributed by atoms with E-state index in [-0.39, 0.29) is 0 Å². The van der Waals surface area contributed by atoms with Gasteiger partial charge in [0, 0.05) is 32.4 Å². The molecule has 4 nitrogen and oxygen atoms in total. The van der Waals surface area contributed by atoms with Crippen molar-refractivity contribution in [2.24, 2.45) is 0 Å². The number of hydrogen-bond acceptors (Lipinski definition) is 4. The topological polar surface area (TPSA) is 45.4 Å². The van der Waals surface area contributed by atoms with Gasteiger partial charge in [0.15, 0.2) is 5.82 Å². The minimum atomic E-state index is 0.775. The maximum Gasteiger partial charge on any atom is 0.151 e. The highest BCUT2D eigenvalue weighted by molar-refractivity contribution is 5.62. The Morgan fingerprint density at radius 1 is 1.29 bits per heavy atom. The Balaban J connectivity index is 2.12. The number of rotatable bonds is 1. The van der Waals surface area contributed by atoms with Gasteiger partial charge in [-0.05, 0) is 19.2 Å². The SMILES string of the molecule is CN1CCN(c2ncccc2N)CC1. The van der Waals surface area contributed by atoms with Crippen LogP contribution in [-0.4, -0.2) is 43.1 Å². The van der Waals surface area contributed by atoms with E-state index in [0.29, 0.717) is 0 Å². The van der Waals surface area contributed by atoms with Crippen LogP contribution in [0.3, 0.4) is 0 Å². The van der Waals surface area contributed by atoms with Crippen molar-refractivity contribution in [1.29, 1.82) is 0 Å². The lowest BCUT2D eigenvalue weighted by Gasteiger charge is -2.33. The molecule has 0 unspecified atom stereocenters. The molecule has 0 radical (unpaired) electrons. The molecule has 76 valence electrons. The standard InChI is InChI=1S/C10H16N4/c1-13-5-7-14(8-6-13)10-9(11)3-2-4-12-10/h2-4H,5-8,11H2,1H3. The molecule has 1 aromatic heterocycles. The Labute approximate surface area is 84.3 Å². The van der Waals surface area contributed by atoms with Crippen molar-refractivity contribution >= 4 is 11.5 Å². The maximum atomic E-state index is 5.87. The Kier molecular flexibility index (Phi) is 2.54. The first kappa shape index (κ1) is 9.27. The molecule has 0 spiro atoms. The zero-order chi connectivity index (χ0) is 9.97. The van der Waals surface area contributed by atoms with Crippen molar-refractivity contribution in [3.05, 3.63) is 18.3 Å². The average molecular weight is 192 g/mol. The third kappa shape index (κ3) is 1.80. The van der Waals surface area contributed by atoms with E-state index in [4.69, 9.17) is 5.73 Å². The summed E-state index contributed by atoms with van der Waals surface area (Å²) in [5, 5.41) is 0. The molecule has 0 aromatic carbocycles. The van der Waals surface area contributed by atoms with Gasteiger partial charge < -0.3 is 15.5 Å². The number of hydrogen-bond donors (Lipinski definition) is 1. The minimum absolute atomic E-state index is 0.775. The fourth-order valence-corrected chi connectivity index (χ4v) is 1.69. The molecule has 1 saturated heterocycles. The van der Waals surface area contributed by atoms with E-state index in [1.807, 2.05) is 12.1 Å². The summed E-state index contributed by atoms with van der Waals surface area (Å²) in [5.41, 5.74) is 6.64. The van der Waals surface area contributed by atoms with Gasteiger partial charge in [-0.1, -0.05) is 0 Å². The lowest BCUT2D eigenvalue weighted by molar-refractivity contribution is 0.312. The van der Waals surface area contributed by atoms with Crippen molar-refractivity contribution in [1.82, 2.24) is 9.88 Å². The molecule has 2 N–H and O–H groups in total. The predicted octanol–water partition coefficient (Wildman–Crippen LogP) is 0.416. The average Bonchev–Trinajstić information content (AvgIpc) is 2.20. The Morgan fingerprint density at radius 3 is 2.64 bits per heavy atom. The van der Waals surface area contributed by atoms with Crippen LogP contribution in [0.25, 0.3) is 0 Å². The predicted molar refractivity (Wildman–Crippen MR) is 58.4 cm³/mol. The summed E-state index contributed by atoms with van der Waals surface area (Å²) in [6, 6.07) is 3.77. The fraction of sp³-hybridized carbons (Fsp3) is 0.500. The molecule has 14 heavy (non-hydrogen) atoms. The van der Waals surface area contributed by atoms with E-state index < -0.39 is 0 Å². The van der Waals surface area contributed by atoms with Crippen LogP contribution in [0.15, 0.2) is 18.3 Å². The normalized spacial score (nSPS) is 18.5. The number of piperazine rings is 1. The van der Waals surface area contributed by atoms with E-state index in [0.717, 1.165) is 37.7 Å². The van der Waals surface area contributed by atoms with Crippen molar-refractivity contribution < 1.29 is 0 Å². The van der Waals surface area contributed by atoms with Gasteiger partial charge in [-0.3, -0.25) is 0 Å². The first-order valence-corrected chi connectivity index (χ1v) is 4.91. The van der Waals surface area contributed by atoms with Gasteiger partial charge >= 0.3 is 0 Å². The van der Waals surface area contributed by atoms with Crippen LogP contribution < -0.4 is 10.6 Å². The van der Waals surface area contributed by atoms with Crippen molar-refractivity contribution in [2.45, 2.75) is 0 Å². The molecule has 0 amide bonds. The van der Waals surface area contributed by atoms with Crippen molar-refractivity contribution in [2.75, 3.05) is 43.9 Å². The minimum Gasteiger partial charge on any atom is -0.396 e. The van der Waals surface area contributed by atoms with Crippen LogP contribution in [-0.2, 0) is 0 Å². The first-order chi connectivity index (χ1) is 6.77. The van der Waals surface area contributed by atoms with Crippen LogP contribution >= 0.6 is 0 Å². The van der Waals surface area contributed by atoms with Gasteiger partial charge in [-0.2, -0.15) is 0 Å². The van der Waals surface area contributed by atoms with Gasteiger partial charge in [0.05, 0.1) is 5.69 Å². The summed E-state index contributed by atoms with van der Waals surface area (Å²) in [5.74, 6) is 0.931. The van der Waals surface area contributed by atoms with Crippen LogP contribution in [0.4, 0.5) is 11.5 Å². The second-order valence-corrected chi connectivity index (χ2v) is 3.71. The molecule has 1 aliphatic heterocycles. The van der Waals surface area contributed by atoms with Crippen LogP contribution in [0.1, 0.15) is 0 Å². The van der Waals surface area contributed by atoms with E-state index >= 15 is 0 Å². The molecule has 4 heteroatoms. The maximum absolute atomic E-state index is 5.87. The third-order valence-corrected chi connectivity index (χ3v) is 2.62. The van der Waals surface area contributed by atoms with Crippen LogP contribution in [0, 0.1) is 0 Å². The van der Waals surface area contributed by atoms with E-state index in [9.17, 15) is 0 Å². The lowest BCUT2D eigenvalue weighted by Crippen LogP contribution is -2.45. The van der Waals surface area contributed by atoms with Crippen molar-refractivity contribution in [3.8, 4) is 0 Å². The molecule has 1 fully saturated rings. The summed E-state index contributed by atoms with van der Waals surface area (Å²) < 4.78 is 0. The van der Waals surface area contributed by atoms with Crippen molar-refractivity contribution in [3.63, 3.8) is 0 Å². The molecular weight excluding hydrogens is 176 g/mol. The van der Waals surface area contributed by atoms with E-state index in [2.05, 4.69) is 21.8 Å². The molecular formula is C10H16N4. The molecule has 2 rings (SSSR count). The summed E-state index contributed by atoms with van der Waals surface area (Å²) in [4.78, 5) is 8.87. The van der Waals surface area contributed by atoms with Gasteiger partial charge in [-0.15, -0.1) is 0 Å². The smallest absolute Gasteiger partial charge is 0.151 e. The van der Waals surface area contributed by atoms with E-state index in [1.165, 1.54) is 0 Å². The zero-order valence-corrected chi connectivity index (χ0v) is 8.48. The number of aromatic nitrogens is 1. The molecule has 1 aromatic rings. The highest BCUT2D eigenvalue weighted by atomic mass is 15.3. The second kappa shape index (κ2) is 3.84. The quantitative estimate of drug-likeness (QED) is 0.700. The number of nitrogens with two attached hydrogens (primary N) is 1. The van der Waals surface area contributed by atoms with Gasteiger partial charge in [-0.25, -0.2) is 4.98 Å². The molecule has 0 aliphatic carbocycles. The fourth-order valence-electron chi connectivity index (χ4n) is 1.69. The first-order valence-electron chi connectivity index (χ1n) is 4.91. The van der Waals surface area contributed by atoms with Crippen LogP contribution in [0.5, 0.6) is 0 Å². The van der Waals surface area contributed by atoms with Crippen LogP contribution in [0.2, 0.25) is 0 Å². The number of pyridine rings is 1. The summed E-state index contributed by atoms with van der Waals surface area (Å²) in [7, 11) is 2.14. The summed E-state index contributed by atoms with van der Waals surface area (Å²) in [6.07, 6.45) is 1.80. The number of likely N-dealkylation sites (N-methyl/N-ethyl adjacent to an activating group) is 1. The van der Waals surface area contributed by atoms with Gasteiger partial charge in [0.25, 0.3) is 0 Å². The van der Waals surface area contributed by atoms with E-state index in [1.54, 1.807) is 6.20 Å². The second-order valence-electron chi connectivity index (χ2n) is 3.71. The highest BCUT2D eigenvalue weighted by Crippen LogP contribution is 2.19. The lowest BCUT2D eigenvalue weighted by atomic mass is 10.3. The molecule has 0 atom stereocenters. The Morgan fingerprint density at radius 2 is 2.00 bits per heavy atom. The highest BCUT2D eigenvalue weighted by Gasteiger charge is 2.16. The molecule has 0 bridgehead atoms. The zero-order valence-electron chi connectivity index (χ0n) is 8.48. The summed E-state index contributed by atoms with van der Waals surface area (Å²) in [6.45, 7) is 4.18. The summed E-state index contributed by atoms with van der Waals surface area (Å²) >= 11 is 0. The number of nitrogens with zero attached hydrogens (tertiary/aromatic N) is 3. The number of anilines is 2. The number of nitrogen functional groups attached to an aromatic ring is 1. The molecule has 1 aliphatic rings. The van der Waals surface area contributed by atoms with Gasteiger partial charge in [0.2, 0.25) is 0 Å². The molecule has 0 saturated carbocycles. The third-order valence-electron chi connectivity index (χ3n) is 2.62. The Bertz CT molecular complexity index is 305. The monoisotopic (exact) mass is 192 g/mol. The largest absolute Gasteiger partial charge is 0.396 e. The van der Waals surface area contributed by atoms with Gasteiger partial charge in [0.1, 0.15) is 0 Å². The molecule has 2 heterocycles.